The summed E-state index contributed by atoms with van der Waals surface area (Å²) < 4.78 is 1.77. The van der Waals surface area contributed by atoms with Gasteiger partial charge >= 0.3 is 0 Å². The summed E-state index contributed by atoms with van der Waals surface area (Å²) in [4.78, 5) is 28.8. The smallest absolute Gasteiger partial charge is 0.270 e. The van der Waals surface area contributed by atoms with Crippen molar-refractivity contribution in [2.75, 3.05) is 13.1 Å². The summed E-state index contributed by atoms with van der Waals surface area (Å²) in [6.45, 7) is 1.28. The number of halogens is 2. The third-order valence-electron chi connectivity index (χ3n) is 6.41. The van der Waals surface area contributed by atoms with E-state index < -0.39 is 5.91 Å². The van der Waals surface area contributed by atoms with Gasteiger partial charge in [0.25, 0.3) is 11.8 Å². The van der Waals surface area contributed by atoms with Gasteiger partial charge in [0.05, 0.1) is 16.3 Å². The highest BCUT2D eigenvalue weighted by molar-refractivity contribution is 6.36. The Morgan fingerprint density at radius 1 is 0.868 bits per heavy atom. The van der Waals surface area contributed by atoms with E-state index in [1.165, 1.54) is 6.07 Å². The molecule has 0 bridgehead atoms. The Morgan fingerprint density at radius 2 is 1.55 bits per heavy atom. The molecule has 0 spiro atoms. The molecule has 0 atom stereocenters. The van der Waals surface area contributed by atoms with Crippen LogP contribution in [0.1, 0.15) is 35.2 Å². The molecular weight excluding hydrogens is 519 g/mol. The molecule has 1 aromatic heterocycles. The molecule has 1 saturated heterocycles. The molecular formula is C30H26Cl2N4O2. The number of carbonyl (C=O) groups excluding carboxylic acids is 2. The summed E-state index contributed by atoms with van der Waals surface area (Å²) >= 11 is 12.3. The Hall–Kier alpha value is -3.87. The van der Waals surface area contributed by atoms with Gasteiger partial charge in [0.2, 0.25) is 0 Å². The predicted octanol–water partition coefficient (Wildman–Crippen LogP) is 6.63. The molecule has 1 N–H and O–H groups in total. The predicted molar refractivity (Wildman–Crippen MR) is 151 cm³/mol. The van der Waals surface area contributed by atoms with Gasteiger partial charge < -0.3 is 10.2 Å². The second-order valence-electron chi connectivity index (χ2n) is 9.07. The zero-order chi connectivity index (χ0) is 26.5. The van der Waals surface area contributed by atoms with E-state index in [0.717, 1.165) is 30.5 Å². The van der Waals surface area contributed by atoms with Gasteiger partial charge in [0.15, 0.2) is 0 Å². The van der Waals surface area contributed by atoms with Crippen molar-refractivity contribution in [3.63, 3.8) is 0 Å². The first-order valence-electron chi connectivity index (χ1n) is 12.5. The first-order valence-corrected chi connectivity index (χ1v) is 13.2. The van der Waals surface area contributed by atoms with E-state index >= 15 is 0 Å². The quantitative estimate of drug-likeness (QED) is 0.277. The number of amides is 2. The van der Waals surface area contributed by atoms with Crippen LogP contribution in [-0.4, -0.2) is 39.6 Å². The molecule has 6 nitrogen and oxygen atoms in total. The van der Waals surface area contributed by atoms with Gasteiger partial charge in [-0.1, -0.05) is 71.7 Å². The first kappa shape index (κ1) is 25.8. The molecule has 38 heavy (non-hydrogen) atoms. The molecule has 0 unspecified atom stereocenters. The van der Waals surface area contributed by atoms with Crippen LogP contribution < -0.4 is 5.32 Å². The van der Waals surface area contributed by atoms with Crippen molar-refractivity contribution in [3.8, 4) is 16.9 Å². The summed E-state index contributed by atoms with van der Waals surface area (Å²) in [5.74, 6) is -0.727. The van der Waals surface area contributed by atoms with Crippen molar-refractivity contribution >= 4 is 41.1 Å². The highest BCUT2D eigenvalue weighted by Crippen LogP contribution is 2.27. The maximum Gasteiger partial charge on any atom is 0.270 e. The Balaban J connectivity index is 1.59. The van der Waals surface area contributed by atoms with E-state index in [1.54, 1.807) is 27.8 Å². The van der Waals surface area contributed by atoms with Gasteiger partial charge in [-0.15, -0.1) is 0 Å². The highest BCUT2D eigenvalue weighted by Gasteiger charge is 2.24. The molecule has 3 aromatic carbocycles. The zero-order valence-corrected chi connectivity index (χ0v) is 22.1. The lowest BCUT2D eigenvalue weighted by atomic mass is 10.1. The van der Waals surface area contributed by atoms with E-state index in [-0.39, 0.29) is 22.2 Å². The van der Waals surface area contributed by atoms with Crippen molar-refractivity contribution in [3.05, 3.63) is 112 Å². The number of hydrogen-bond acceptors (Lipinski definition) is 3. The minimum Gasteiger partial charge on any atom is -0.337 e. The van der Waals surface area contributed by atoms with Crippen molar-refractivity contribution in [2.24, 2.45) is 0 Å². The van der Waals surface area contributed by atoms with Gasteiger partial charge in [-0.2, -0.15) is 5.10 Å². The third kappa shape index (κ3) is 5.82. The van der Waals surface area contributed by atoms with Crippen LogP contribution in [0.2, 0.25) is 10.0 Å². The van der Waals surface area contributed by atoms with Crippen molar-refractivity contribution in [1.29, 1.82) is 0 Å². The topological polar surface area (TPSA) is 67.2 Å². The van der Waals surface area contributed by atoms with Crippen LogP contribution in [0.3, 0.4) is 0 Å². The summed E-state index contributed by atoms with van der Waals surface area (Å²) in [6.07, 6.45) is 6.50. The van der Waals surface area contributed by atoms with Gasteiger partial charge in [-0.3, -0.25) is 9.59 Å². The molecule has 5 rings (SSSR count). The van der Waals surface area contributed by atoms with Crippen LogP contribution in [0.15, 0.2) is 90.8 Å². The van der Waals surface area contributed by atoms with E-state index in [1.807, 2.05) is 66.9 Å². The molecule has 0 radical (unpaired) electrons. The minimum atomic E-state index is -0.486. The first-order chi connectivity index (χ1) is 18.5. The van der Waals surface area contributed by atoms with Gasteiger partial charge in [0.1, 0.15) is 11.4 Å². The zero-order valence-electron chi connectivity index (χ0n) is 20.6. The maximum atomic E-state index is 13.7. The number of carbonyl (C=O) groups is 2. The fourth-order valence-corrected chi connectivity index (χ4v) is 4.96. The molecule has 0 saturated carbocycles. The van der Waals surface area contributed by atoms with Crippen LogP contribution >= 0.6 is 23.2 Å². The van der Waals surface area contributed by atoms with Gasteiger partial charge in [0, 0.05) is 35.4 Å². The van der Waals surface area contributed by atoms with Crippen molar-refractivity contribution in [1.82, 2.24) is 20.0 Å². The van der Waals surface area contributed by atoms with Gasteiger partial charge in [-0.05, 0) is 55.7 Å². The number of likely N-dealkylation sites (tertiary alicyclic amines) is 1. The molecule has 192 valence electrons. The number of piperidine rings is 1. The standard InChI is InChI=1S/C30H26Cl2N4O2/c31-23-14-15-25(26(32)19-23)29(37)33-27(30(38)35-16-8-3-9-17-35)18-22-20-36(24-12-6-2-7-13-24)34-28(22)21-10-4-1-5-11-21/h1-2,4-7,10-15,18-20H,3,8-9,16-17H2,(H,33,37). The van der Waals surface area contributed by atoms with Crippen LogP contribution in [0, 0.1) is 0 Å². The molecule has 8 heteroatoms. The lowest BCUT2D eigenvalue weighted by Crippen LogP contribution is -2.41. The Labute approximate surface area is 231 Å². The number of para-hydroxylation sites is 1. The van der Waals surface area contributed by atoms with Crippen LogP contribution in [-0.2, 0) is 4.79 Å². The van der Waals surface area contributed by atoms with E-state index in [9.17, 15) is 9.59 Å². The SMILES string of the molecule is O=C(NC(=Cc1cn(-c2ccccc2)nc1-c1ccccc1)C(=O)N1CCCCC1)c1ccc(Cl)cc1Cl. The number of nitrogens with zero attached hydrogens (tertiary/aromatic N) is 3. The highest BCUT2D eigenvalue weighted by atomic mass is 35.5. The number of benzene rings is 3. The van der Waals surface area contributed by atoms with E-state index in [0.29, 0.717) is 29.4 Å². The second kappa shape index (κ2) is 11.7. The summed E-state index contributed by atoms with van der Waals surface area (Å²) in [5.41, 5.74) is 3.56. The molecule has 4 aromatic rings. The largest absolute Gasteiger partial charge is 0.337 e. The Kier molecular flexibility index (Phi) is 7.91. The van der Waals surface area contributed by atoms with Crippen LogP contribution in [0.4, 0.5) is 0 Å². The summed E-state index contributed by atoms with van der Waals surface area (Å²) in [5, 5.41) is 8.30. The molecule has 1 aliphatic rings. The minimum absolute atomic E-state index is 0.160. The van der Waals surface area contributed by atoms with Crippen molar-refractivity contribution in [2.45, 2.75) is 19.3 Å². The summed E-state index contributed by atoms with van der Waals surface area (Å²) in [7, 11) is 0. The fraction of sp³-hybridized carbons (Fsp3) is 0.167. The average Bonchev–Trinajstić information content (AvgIpc) is 3.37. The fourth-order valence-electron chi connectivity index (χ4n) is 4.46. The monoisotopic (exact) mass is 544 g/mol. The Morgan fingerprint density at radius 3 is 2.24 bits per heavy atom. The lowest BCUT2D eigenvalue weighted by Gasteiger charge is -2.27. The lowest BCUT2D eigenvalue weighted by molar-refractivity contribution is -0.128. The Bertz CT molecular complexity index is 1480. The molecule has 1 aliphatic heterocycles. The average molecular weight is 545 g/mol. The molecule has 1 fully saturated rings. The van der Waals surface area contributed by atoms with Crippen LogP contribution in [0.25, 0.3) is 23.0 Å². The van der Waals surface area contributed by atoms with Crippen molar-refractivity contribution < 1.29 is 9.59 Å². The molecule has 0 aliphatic carbocycles. The molecule has 2 heterocycles. The number of hydrogen-bond donors (Lipinski definition) is 1. The number of aromatic nitrogens is 2. The van der Waals surface area contributed by atoms with Crippen LogP contribution in [0.5, 0.6) is 0 Å². The third-order valence-corrected chi connectivity index (χ3v) is 6.96. The maximum absolute atomic E-state index is 13.7. The van der Waals surface area contributed by atoms with E-state index in [4.69, 9.17) is 28.3 Å². The van der Waals surface area contributed by atoms with E-state index in [2.05, 4.69) is 5.32 Å². The molecule has 2 amide bonds. The second-order valence-corrected chi connectivity index (χ2v) is 9.91. The normalized spacial score (nSPS) is 13.8. The number of nitrogens with one attached hydrogen (secondary N) is 1. The summed E-state index contributed by atoms with van der Waals surface area (Å²) in [6, 6.07) is 24.1. The van der Waals surface area contributed by atoms with Gasteiger partial charge in [-0.25, -0.2) is 4.68 Å². The number of rotatable bonds is 6.